The van der Waals surface area contributed by atoms with Gasteiger partial charge in [-0.2, -0.15) is 0 Å². The van der Waals surface area contributed by atoms with E-state index in [-0.39, 0.29) is 17.0 Å². The first-order chi connectivity index (χ1) is 20.9. The quantitative estimate of drug-likeness (QED) is 0.0935. The molecule has 0 N–H and O–H groups in total. The molecule has 0 nitrogen and oxygen atoms in total. The van der Waals surface area contributed by atoms with Crippen molar-refractivity contribution in [3.05, 3.63) is 95.1 Å². The van der Waals surface area contributed by atoms with Crippen molar-refractivity contribution < 1.29 is 17.6 Å². The van der Waals surface area contributed by atoms with Crippen molar-refractivity contribution in [1.29, 1.82) is 0 Å². The molecule has 4 rings (SSSR count). The van der Waals surface area contributed by atoms with Gasteiger partial charge in [0, 0.05) is 11.1 Å². The van der Waals surface area contributed by atoms with E-state index in [0.717, 1.165) is 57.8 Å². The van der Waals surface area contributed by atoms with Crippen LogP contribution in [-0.2, 0) is 6.42 Å². The Morgan fingerprint density at radius 2 is 1.19 bits per heavy atom. The Morgan fingerprint density at radius 3 is 1.79 bits per heavy atom. The number of allylic oxidation sites excluding steroid dienone is 2. The van der Waals surface area contributed by atoms with Crippen LogP contribution in [0, 0.1) is 29.2 Å². The molecule has 1 saturated carbocycles. The van der Waals surface area contributed by atoms with E-state index in [1.165, 1.54) is 32.1 Å². The molecule has 0 unspecified atom stereocenters. The van der Waals surface area contributed by atoms with Gasteiger partial charge in [0.05, 0.1) is 0 Å². The van der Waals surface area contributed by atoms with E-state index < -0.39 is 23.3 Å². The smallest absolute Gasteiger partial charge is 0.166 e. The number of halogens is 4. The minimum Gasteiger partial charge on any atom is -0.203 e. The molecule has 3 aromatic carbocycles. The van der Waals surface area contributed by atoms with Crippen molar-refractivity contribution in [2.45, 2.75) is 116 Å². The van der Waals surface area contributed by atoms with Crippen LogP contribution in [0.3, 0.4) is 0 Å². The molecule has 0 aromatic heterocycles. The third-order valence-electron chi connectivity index (χ3n) is 9.34. The zero-order chi connectivity index (χ0) is 30.6. The maximum Gasteiger partial charge on any atom is 0.166 e. The van der Waals surface area contributed by atoms with Crippen LogP contribution in [-0.4, -0.2) is 0 Å². The minimum absolute atomic E-state index is 0.0419. The lowest BCUT2D eigenvalue weighted by molar-refractivity contribution is 0.306. The number of rotatable bonds is 15. The van der Waals surface area contributed by atoms with Crippen molar-refractivity contribution in [2.24, 2.45) is 5.92 Å². The Balaban J connectivity index is 1.37. The molecule has 1 aliphatic carbocycles. The fourth-order valence-corrected chi connectivity index (χ4v) is 6.65. The Morgan fingerprint density at radius 1 is 0.628 bits per heavy atom. The molecule has 4 heteroatoms. The van der Waals surface area contributed by atoms with Gasteiger partial charge in [0.15, 0.2) is 23.3 Å². The summed E-state index contributed by atoms with van der Waals surface area (Å²) in [5, 5.41) is 0. The first kappa shape index (κ1) is 33.0. The molecule has 0 atom stereocenters. The normalized spacial score (nSPS) is 17.2. The zero-order valence-corrected chi connectivity index (χ0v) is 26.0. The number of benzene rings is 3. The molecule has 0 bridgehead atoms. The second-order valence-electron chi connectivity index (χ2n) is 12.4. The van der Waals surface area contributed by atoms with Crippen LogP contribution in [0.25, 0.3) is 22.3 Å². The summed E-state index contributed by atoms with van der Waals surface area (Å²) in [7, 11) is 0. The highest BCUT2D eigenvalue weighted by atomic mass is 19.2. The molecule has 0 radical (unpaired) electrons. The molecule has 0 aliphatic heterocycles. The van der Waals surface area contributed by atoms with Gasteiger partial charge in [-0.25, -0.2) is 17.6 Å². The first-order valence-corrected chi connectivity index (χ1v) is 16.6. The number of hydrogen-bond donors (Lipinski definition) is 0. The fraction of sp³-hybridized carbons (Fsp3) is 0.487. The van der Waals surface area contributed by atoms with Gasteiger partial charge >= 0.3 is 0 Å². The standard InChI is InChI=1S/C39H48F4/c1-3-5-7-8-9-10-11-13-15-32-24-25-33(37(41)36(32)40)30-20-22-31(23-21-30)35-27-26-34(38(42)39(35)43)29-18-16-28(17-19-29)14-12-6-4-2/h4,6,20-29H,3,5,7-19H2,1-2H3/b6-4+. The Hall–Kier alpha value is -2.88. The SMILES string of the molecule is C/C=C/CCC1CCC(c2ccc(-c3ccc(-c4ccc(CCCCCCCCCC)c(F)c4F)cc3)c(F)c2F)CC1. The van der Waals surface area contributed by atoms with E-state index in [2.05, 4.69) is 19.1 Å². The van der Waals surface area contributed by atoms with E-state index in [0.29, 0.717) is 34.6 Å². The minimum atomic E-state index is -0.858. The van der Waals surface area contributed by atoms with Crippen LogP contribution in [0.15, 0.2) is 60.7 Å². The van der Waals surface area contributed by atoms with Crippen molar-refractivity contribution in [1.82, 2.24) is 0 Å². The molecule has 0 heterocycles. The van der Waals surface area contributed by atoms with E-state index >= 15 is 13.2 Å². The number of unbranched alkanes of at least 4 members (excludes halogenated alkanes) is 7. The molecule has 0 saturated heterocycles. The van der Waals surface area contributed by atoms with Gasteiger partial charge in [-0.05, 0) is 92.4 Å². The molecular weight excluding hydrogens is 544 g/mol. The van der Waals surface area contributed by atoms with Crippen molar-refractivity contribution in [2.75, 3.05) is 0 Å². The van der Waals surface area contributed by atoms with Crippen molar-refractivity contribution >= 4 is 0 Å². The summed E-state index contributed by atoms with van der Waals surface area (Å²) in [5.41, 5.74) is 2.24. The van der Waals surface area contributed by atoms with E-state index in [9.17, 15) is 4.39 Å². The lowest BCUT2D eigenvalue weighted by atomic mass is 9.77. The van der Waals surface area contributed by atoms with Gasteiger partial charge in [-0.1, -0.05) is 113 Å². The predicted octanol–water partition coefficient (Wildman–Crippen LogP) is 12.9. The molecule has 3 aromatic rings. The van der Waals surface area contributed by atoms with Gasteiger partial charge in [0.25, 0.3) is 0 Å². The molecule has 0 spiro atoms. The van der Waals surface area contributed by atoms with Gasteiger partial charge in [-0.15, -0.1) is 0 Å². The fourth-order valence-electron chi connectivity index (χ4n) is 6.65. The van der Waals surface area contributed by atoms with E-state index in [1.807, 2.05) is 6.92 Å². The summed E-state index contributed by atoms with van der Waals surface area (Å²) in [6.07, 6.45) is 20.1. The maximum atomic E-state index is 15.3. The Bertz CT molecular complexity index is 1320. The predicted molar refractivity (Wildman–Crippen MR) is 172 cm³/mol. The average Bonchev–Trinajstić information content (AvgIpc) is 3.02. The highest BCUT2D eigenvalue weighted by Gasteiger charge is 2.26. The molecule has 232 valence electrons. The van der Waals surface area contributed by atoms with E-state index in [4.69, 9.17) is 0 Å². The van der Waals surface area contributed by atoms with Gasteiger partial charge in [0.2, 0.25) is 0 Å². The van der Waals surface area contributed by atoms with Crippen LogP contribution in [0.1, 0.15) is 121 Å². The lowest BCUT2D eigenvalue weighted by Gasteiger charge is -2.29. The highest BCUT2D eigenvalue weighted by molar-refractivity contribution is 5.71. The maximum absolute atomic E-state index is 15.3. The highest BCUT2D eigenvalue weighted by Crippen LogP contribution is 2.40. The Labute approximate surface area is 256 Å². The third kappa shape index (κ3) is 8.83. The molecule has 1 fully saturated rings. The molecule has 0 amide bonds. The molecule has 43 heavy (non-hydrogen) atoms. The second kappa shape index (κ2) is 16.8. The van der Waals surface area contributed by atoms with Gasteiger partial charge in [-0.3, -0.25) is 0 Å². The second-order valence-corrected chi connectivity index (χ2v) is 12.4. The summed E-state index contributed by atoms with van der Waals surface area (Å²) < 4.78 is 60.6. The number of aryl methyl sites for hydroxylation is 1. The summed E-state index contributed by atoms with van der Waals surface area (Å²) in [5.74, 6) is -2.56. The summed E-state index contributed by atoms with van der Waals surface area (Å²) in [6.45, 7) is 4.24. The van der Waals surface area contributed by atoms with E-state index in [1.54, 1.807) is 48.5 Å². The van der Waals surface area contributed by atoms with Crippen LogP contribution < -0.4 is 0 Å². The van der Waals surface area contributed by atoms with Crippen molar-refractivity contribution in [3.8, 4) is 22.3 Å². The summed E-state index contributed by atoms with van der Waals surface area (Å²) in [4.78, 5) is 0. The van der Waals surface area contributed by atoms with Gasteiger partial charge < -0.3 is 0 Å². The molecular formula is C39H48F4. The van der Waals surface area contributed by atoms with Crippen molar-refractivity contribution in [3.63, 3.8) is 0 Å². The van der Waals surface area contributed by atoms with Crippen LogP contribution >= 0.6 is 0 Å². The molecule has 1 aliphatic rings. The summed E-state index contributed by atoms with van der Waals surface area (Å²) in [6, 6.07) is 13.3. The van der Waals surface area contributed by atoms with Crippen LogP contribution in [0.4, 0.5) is 17.6 Å². The summed E-state index contributed by atoms with van der Waals surface area (Å²) >= 11 is 0. The van der Waals surface area contributed by atoms with Crippen LogP contribution in [0.5, 0.6) is 0 Å². The lowest BCUT2D eigenvalue weighted by Crippen LogP contribution is -2.15. The van der Waals surface area contributed by atoms with Gasteiger partial charge in [0.1, 0.15) is 0 Å². The monoisotopic (exact) mass is 592 g/mol. The topological polar surface area (TPSA) is 0 Å². The largest absolute Gasteiger partial charge is 0.203 e. The third-order valence-corrected chi connectivity index (χ3v) is 9.34. The Kier molecular flexibility index (Phi) is 12.9. The first-order valence-electron chi connectivity index (χ1n) is 16.6. The zero-order valence-electron chi connectivity index (χ0n) is 26.0. The average molecular weight is 593 g/mol. The van der Waals surface area contributed by atoms with Crippen LogP contribution in [0.2, 0.25) is 0 Å². The number of hydrogen-bond acceptors (Lipinski definition) is 0.